The number of likely N-dealkylation sites (tertiary alicyclic amines) is 1. The van der Waals surface area contributed by atoms with Crippen LogP contribution < -0.4 is 25.1 Å². The second-order valence-electron chi connectivity index (χ2n) is 10.3. The first-order valence-corrected chi connectivity index (χ1v) is 12.7. The van der Waals surface area contributed by atoms with E-state index < -0.39 is 5.60 Å². The lowest BCUT2D eigenvalue weighted by molar-refractivity contribution is -0.124. The van der Waals surface area contributed by atoms with Gasteiger partial charge in [-0.25, -0.2) is 9.78 Å². The number of carbonyl (C=O) groups excluding carboxylic acids is 2. The summed E-state index contributed by atoms with van der Waals surface area (Å²) in [5, 5.41) is 3.30. The first-order chi connectivity index (χ1) is 18.6. The number of nitrogens with zero attached hydrogens (tertiary/aromatic N) is 2. The van der Waals surface area contributed by atoms with Crippen LogP contribution in [0.3, 0.4) is 0 Å². The molecule has 0 bridgehead atoms. The summed E-state index contributed by atoms with van der Waals surface area (Å²) in [5.41, 5.74) is 0.245. The fourth-order valence-electron chi connectivity index (χ4n) is 4.29. The highest BCUT2D eigenvalue weighted by atomic mass is 16.6. The van der Waals surface area contributed by atoms with Crippen LogP contribution in [0.5, 0.6) is 17.2 Å². The van der Waals surface area contributed by atoms with Crippen molar-refractivity contribution in [1.82, 2.24) is 20.2 Å². The minimum absolute atomic E-state index is 0.0322. The molecule has 0 atom stereocenters. The molecule has 0 unspecified atom stereocenters. The summed E-state index contributed by atoms with van der Waals surface area (Å²) in [6, 6.07) is 10.2. The molecule has 0 spiro atoms. The molecule has 39 heavy (non-hydrogen) atoms. The standard InChI is InChI=1S/C28H34N4O7/c1-28(2,3)39-27(35)32-12-10-18(11-13-32)29-23(33)16-38-19-8-6-17(7-9-19)25-30-21-14-20(36-4)15-22(37-5)24(21)26(34)31-25/h6-9,14-15,18H,10-13,16H2,1-5H3,(H,29,33)(H,30,31,34). The van der Waals surface area contributed by atoms with Gasteiger partial charge in [-0.3, -0.25) is 9.59 Å². The van der Waals surface area contributed by atoms with E-state index in [-0.39, 0.29) is 30.2 Å². The molecule has 0 aliphatic carbocycles. The van der Waals surface area contributed by atoms with E-state index in [1.54, 1.807) is 41.3 Å². The minimum atomic E-state index is -0.539. The Bertz CT molecular complexity index is 1390. The smallest absolute Gasteiger partial charge is 0.410 e. The molecule has 1 aromatic heterocycles. The van der Waals surface area contributed by atoms with Crippen LogP contribution in [0.2, 0.25) is 0 Å². The van der Waals surface area contributed by atoms with Crippen molar-refractivity contribution in [3.63, 3.8) is 0 Å². The topological polar surface area (TPSA) is 132 Å². The SMILES string of the molecule is COc1cc(OC)c2c(=O)[nH]c(-c3ccc(OCC(=O)NC4CCN(C(=O)OC(C)(C)C)CC4)cc3)nc2c1. The molecule has 4 rings (SSSR count). The number of ether oxygens (including phenoxy) is 4. The van der Waals surface area contributed by atoms with Gasteiger partial charge < -0.3 is 34.1 Å². The summed E-state index contributed by atoms with van der Waals surface area (Å²) in [7, 11) is 3.01. The van der Waals surface area contributed by atoms with Gasteiger partial charge in [-0.15, -0.1) is 0 Å². The molecule has 2 heterocycles. The molecular weight excluding hydrogens is 504 g/mol. The zero-order valence-electron chi connectivity index (χ0n) is 22.8. The van der Waals surface area contributed by atoms with Crippen LogP contribution >= 0.6 is 0 Å². The maximum absolute atomic E-state index is 12.8. The number of rotatable bonds is 7. The van der Waals surface area contributed by atoms with Crippen molar-refractivity contribution in [2.75, 3.05) is 33.9 Å². The van der Waals surface area contributed by atoms with Crippen molar-refractivity contribution in [1.29, 1.82) is 0 Å². The minimum Gasteiger partial charge on any atom is -0.497 e. The summed E-state index contributed by atoms with van der Waals surface area (Å²) < 4.78 is 21.7. The van der Waals surface area contributed by atoms with E-state index in [0.29, 0.717) is 65.5 Å². The van der Waals surface area contributed by atoms with E-state index in [1.165, 1.54) is 14.2 Å². The molecule has 1 saturated heterocycles. The third-order valence-electron chi connectivity index (χ3n) is 6.21. The van der Waals surface area contributed by atoms with Crippen molar-refractivity contribution in [3.8, 4) is 28.6 Å². The molecular formula is C28H34N4O7. The van der Waals surface area contributed by atoms with Gasteiger partial charge in [-0.1, -0.05) is 0 Å². The first kappa shape index (κ1) is 27.7. The molecule has 2 N–H and O–H groups in total. The lowest BCUT2D eigenvalue weighted by Crippen LogP contribution is -2.48. The normalized spacial score (nSPS) is 14.1. The van der Waals surface area contributed by atoms with Crippen LogP contribution in [0.1, 0.15) is 33.6 Å². The Labute approximate surface area is 226 Å². The summed E-state index contributed by atoms with van der Waals surface area (Å²) in [6.45, 7) is 6.40. The third-order valence-corrected chi connectivity index (χ3v) is 6.21. The number of aromatic amines is 1. The Kier molecular flexibility index (Phi) is 8.27. The van der Waals surface area contributed by atoms with E-state index in [2.05, 4.69) is 15.3 Å². The average Bonchev–Trinajstić information content (AvgIpc) is 2.90. The number of benzene rings is 2. The van der Waals surface area contributed by atoms with E-state index in [0.717, 1.165) is 0 Å². The van der Waals surface area contributed by atoms with E-state index in [1.807, 2.05) is 20.8 Å². The molecule has 0 radical (unpaired) electrons. The van der Waals surface area contributed by atoms with Crippen LogP contribution in [0.15, 0.2) is 41.2 Å². The summed E-state index contributed by atoms with van der Waals surface area (Å²) >= 11 is 0. The maximum atomic E-state index is 12.8. The van der Waals surface area contributed by atoms with Crippen LogP contribution in [0, 0.1) is 0 Å². The number of fused-ring (bicyclic) bond motifs is 1. The van der Waals surface area contributed by atoms with Crippen molar-refractivity contribution < 1.29 is 28.5 Å². The lowest BCUT2D eigenvalue weighted by atomic mass is 10.1. The Balaban J connectivity index is 1.32. The first-order valence-electron chi connectivity index (χ1n) is 12.7. The molecule has 1 aliphatic heterocycles. The van der Waals surface area contributed by atoms with Crippen LogP contribution in [0.25, 0.3) is 22.3 Å². The Morgan fingerprint density at radius 2 is 1.74 bits per heavy atom. The number of hydrogen-bond donors (Lipinski definition) is 2. The summed E-state index contributed by atoms with van der Waals surface area (Å²) in [4.78, 5) is 46.4. The Morgan fingerprint density at radius 3 is 2.36 bits per heavy atom. The zero-order chi connectivity index (χ0) is 28.2. The lowest BCUT2D eigenvalue weighted by Gasteiger charge is -2.33. The van der Waals surface area contributed by atoms with Crippen LogP contribution in [0.4, 0.5) is 4.79 Å². The number of H-pyrrole nitrogens is 1. The van der Waals surface area contributed by atoms with E-state index in [9.17, 15) is 14.4 Å². The van der Waals surface area contributed by atoms with Crippen LogP contribution in [-0.2, 0) is 9.53 Å². The van der Waals surface area contributed by atoms with Crippen molar-refractivity contribution in [3.05, 3.63) is 46.8 Å². The largest absolute Gasteiger partial charge is 0.497 e. The van der Waals surface area contributed by atoms with E-state index in [4.69, 9.17) is 18.9 Å². The molecule has 1 fully saturated rings. The van der Waals surface area contributed by atoms with Gasteiger partial charge in [0.2, 0.25) is 0 Å². The molecule has 11 nitrogen and oxygen atoms in total. The molecule has 0 saturated carbocycles. The highest BCUT2D eigenvalue weighted by Crippen LogP contribution is 2.29. The fourth-order valence-corrected chi connectivity index (χ4v) is 4.29. The van der Waals surface area contributed by atoms with Gasteiger partial charge in [-0.2, -0.15) is 0 Å². The predicted octanol–water partition coefficient (Wildman–Crippen LogP) is 3.50. The van der Waals surface area contributed by atoms with Gasteiger partial charge in [0.15, 0.2) is 6.61 Å². The van der Waals surface area contributed by atoms with E-state index >= 15 is 0 Å². The zero-order valence-corrected chi connectivity index (χ0v) is 22.8. The van der Waals surface area contributed by atoms with Gasteiger partial charge in [0.1, 0.15) is 34.1 Å². The van der Waals surface area contributed by atoms with Gasteiger partial charge in [0, 0.05) is 36.8 Å². The second kappa shape index (κ2) is 11.6. The number of piperidine rings is 1. The molecule has 208 valence electrons. The number of amides is 2. The van der Waals surface area contributed by atoms with Gasteiger partial charge >= 0.3 is 6.09 Å². The quantitative estimate of drug-likeness (QED) is 0.467. The molecule has 3 aromatic rings. The number of hydrogen-bond acceptors (Lipinski definition) is 8. The highest BCUT2D eigenvalue weighted by Gasteiger charge is 2.27. The summed E-state index contributed by atoms with van der Waals surface area (Å²) in [6.07, 6.45) is 0.962. The molecule has 1 aliphatic rings. The van der Waals surface area contributed by atoms with Gasteiger partial charge in [0.05, 0.1) is 19.7 Å². The van der Waals surface area contributed by atoms with Crippen LogP contribution in [-0.4, -0.2) is 72.4 Å². The van der Waals surface area contributed by atoms with Crippen molar-refractivity contribution in [2.24, 2.45) is 0 Å². The van der Waals surface area contributed by atoms with Gasteiger partial charge in [0.25, 0.3) is 11.5 Å². The predicted molar refractivity (Wildman–Crippen MR) is 145 cm³/mol. The average molecular weight is 539 g/mol. The number of nitrogens with one attached hydrogen (secondary N) is 2. The van der Waals surface area contributed by atoms with Crippen molar-refractivity contribution >= 4 is 22.9 Å². The van der Waals surface area contributed by atoms with Gasteiger partial charge in [-0.05, 0) is 57.9 Å². The monoisotopic (exact) mass is 538 g/mol. The van der Waals surface area contributed by atoms with Crippen molar-refractivity contribution in [2.45, 2.75) is 45.3 Å². The Hall–Kier alpha value is -4.28. The second-order valence-corrected chi connectivity index (χ2v) is 10.3. The highest BCUT2D eigenvalue weighted by molar-refractivity contribution is 5.87. The third kappa shape index (κ3) is 6.98. The molecule has 11 heteroatoms. The molecule has 2 aromatic carbocycles. The number of methoxy groups -OCH3 is 2. The Morgan fingerprint density at radius 1 is 1.05 bits per heavy atom. The maximum Gasteiger partial charge on any atom is 0.410 e. The summed E-state index contributed by atoms with van der Waals surface area (Å²) in [5.74, 6) is 1.54. The fraction of sp³-hybridized carbons (Fsp3) is 0.429. The number of carbonyl (C=O) groups is 2. The molecule has 2 amide bonds. The number of aromatic nitrogens is 2.